The standard InChI is InChI=1S/C54H37NO/c1-3-17-38(18-4-1)45-25-9-11-28-48(45)49-29-12-10-26-46(49)40-33-35-43(36-34-40)55(51-31-16-22-39-19-7-8-27-47(39)51)44-24-15-23-42(37-44)54-53(41-20-5-2-6-21-41)50-30-13-14-32-52(50)56-54/h1-37H. The molecule has 56 heavy (non-hydrogen) atoms. The summed E-state index contributed by atoms with van der Waals surface area (Å²) in [7, 11) is 0. The molecule has 1 aromatic heterocycles. The van der Waals surface area contributed by atoms with Crippen LogP contribution in [0.5, 0.6) is 0 Å². The molecule has 0 saturated carbocycles. The molecule has 10 rings (SSSR count). The third-order valence-corrected chi connectivity index (χ3v) is 10.7. The van der Waals surface area contributed by atoms with Crippen molar-refractivity contribution >= 4 is 38.8 Å². The van der Waals surface area contributed by atoms with Crippen LogP contribution in [0.15, 0.2) is 229 Å². The Labute approximate surface area is 327 Å². The number of hydrogen-bond acceptors (Lipinski definition) is 2. The monoisotopic (exact) mass is 715 g/mol. The van der Waals surface area contributed by atoms with E-state index in [1.54, 1.807) is 0 Å². The van der Waals surface area contributed by atoms with Gasteiger partial charge in [0.15, 0.2) is 0 Å². The molecule has 0 aliphatic carbocycles. The van der Waals surface area contributed by atoms with Gasteiger partial charge in [0.05, 0.1) is 5.69 Å². The predicted molar refractivity (Wildman–Crippen MR) is 236 cm³/mol. The Hall–Kier alpha value is -7.42. The maximum atomic E-state index is 6.69. The molecule has 1 heterocycles. The second-order valence-electron chi connectivity index (χ2n) is 14.1. The number of hydrogen-bond donors (Lipinski definition) is 0. The highest BCUT2D eigenvalue weighted by Crippen LogP contribution is 2.45. The fourth-order valence-corrected chi connectivity index (χ4v) is 8.10. The topological polar surface area (TPSA) is 16.4 Å². The first-order valence-electron chi connectivity index (χ1n) is 19.1. The van der Waals surface area contributed by atoms with Crippen molar-refractivity contribution in [2.45, 2.75) is 0 Å². The number of fused-ring (bicyclic) bond motifs is 2. The number of furan rings is 1. The molecule has 0 spiro atoms. The molecule has 264 valence electrons. The fraction of sp³-hybridized carbons (Fsp3) is 0. The van der Waals surface area contributed by atoms with Crippen LogP contribution in [0.4, 0.5) is 17.1 Å². The molecule has 0 fully saturated rings. The first-order valence-corrected chi connectivity index (χ1v) is 19.1. The summed E-state index contributed by atoms with van der Waals surface area (Å²) >= 11 is 0. The van der Waals surface area contributed by atoms with Crippen molar-refractivity contribution in [3.63, 3.8) is 0 Å². The molecule has 0 N–H and O–H groups in total. The Morgan fingerprint density at radius 2 is 0.839 bits per heavy atom. The van der Waals surface area contributed by atoms with Crippen LogP contribution in [0.25, 0.3) is 77.6 Å². The number of para-hydroxylation sites is 1. The van der Waals surface area contributed by atoms with Gasteiger partial charge in [-0.15, -0.1) is 0 Å². The van der Waals surface area contributed by atoms with Gasteiger partial charge < -0.3 is 9.32 Å². The molecule has 0 aliphatic heterocycles. The highest BCUT2D eigenvalue weighted by Gasteiger charge is 2.21. The van der Waals surface area contributed by atoms with Crippen LogP contribution >= 0.6 is 0 Å². The smallest absolute Gasteiger partial charge is 0.143 e. The lowest BCUT2D eigenvalue weighted by molar-refractivity contribution is 0.632. The van der Waals surface area contributed by atoms with E-state index in [9.17, 15) is 0 Å². The van der Waals surface area contributed by atoms with Gasteiger partial charge in [0.1, 0.15) is 11.3 Å². The highest BCUT2D eigenvalue weighted by molar-refractivity contribution is 6.03. The number of benzene rings is 9. The Morgan fingerprint density at radius 1 is 0.321 bits per heavy atom. The third-order valence-electron chi connectivity index (χ3n) is 10.7. The lowest BCUT2D eigenvalue weighted by Gasteiger charge is -2.27. The summed E-state index contributed by atoms with van der Waals surface area (Å²) in [4.78, 5) is 2.37. The first kappa shape index (κ1) is 33.2. The van der Waals surface area contributed by atoms with Gasteiger partial charge in [-0.2, -0.15) is 0 Å². The van der Waals surface area contributed by atoms with Gasteiger partial charge in [-0.3, -0.25) is 0 Å². The van der Waals surface area contributed by atoms with Crippen molar-refractivity contribution < 1.29 is 4.42 Å². The Balaban J connectivity index is 1.11. The minimum Gasteiger partial charge on any atom is -0.455 e. The molecule has 0 saturated heterocycles. The van der Waals surface area contributed by atoms with E-state index in [2.05, 4.69) is 223 Å². The van der Waals surface area contributed by atoms with E-state index >= 15 is 0 Å². The summed E-state index contributed by atoms with van der Waals surface area (Å²) in [6.45, 7) is 0. The Bertz CT molecular complexity index is 2960. The second kappa shape index (κ2) is 14.4. The summed E-state index contributed by atoms with van der Waals surface area (Å²) in [6.07, 6.45) is 0. The van der Waals surface area contributed by atoms with Crippen molar-refractivity contribution in [2.24, 2.45) is 0 Å². The maximum Gasteiger partial charge on any atom is 0.143 e. The zero-order valence-corrected chi connectivity index (χ0v) is 30.7. The summed E-state index contributed by atoms with van der Waals surface area (Å²) in [5, 5.41) is 3.48. The molecular formula is C54H37NO. The van der Waals surface area contributed by atoms with E-state index < -0.39 is 0 Å². The van der Waals surface area contributed by atoms with E-state index in [4.69, 9.17) is 4.42 Å². The Morgan fingerprint density at radius 3 is 1.55 bits per heavy atom. The van der Waals surface area contributed by atoms with E-state index in [1.165, 1.54) is 38.6 Å². The zero-order valence-electron chi connectivity index (χ0n) is 30.7. The summed E-state index contributed by atoms with van der Waals surface area (Å²) in [5.41, 5.74) is 14.6. The van der Waals surface area contributed by atoms with Gasteiger partial charge in [0.25, 0.3) is 0 Å². The molecule has 0 amide bonds. The van der Waals surface area contributed by atoms with Gasteiger partial charge in [-0.25, -0.2) is 0 Å². The minimum absolute atomic E-state index is 0.861. The van der Waals surface area contributed by atoms with Crippen molar-refractivity contribution in [3.8, 4) is 55.8 Å². The average molecular weight is 716 g/mol. The fourth-order valence-electron chi connectivity index (χ4n) is 8.10. The first-order chi connectivity index (χ1) is 27.8. The van der Waals surface area contributed by atoms with Crippen LogP contribution in [0.1, 0.15) is 0 Å². The molecule has 0 aliphatic rings. The summed E-state index contributed by atoms with van der Waals surface area (Å²) in [6, 6.07) is 79.9. The van der Waals surface area contributed by atoms with Crippen LogP contribution in [0, 0.1) is 0 Å². The largest absolute Gasteiger partial charge is 0.455 e. The van der Waals surface area contributed by atoms with Crippen LogP contribution in [0.2, 0.25) is 0 Å². The number of nitrogens with zero attached hydrogens (tertiary/aromatic N) is 1. The maximum absolute atomic E-state index is 6.69. The lowest BCUT2D eigenvalue weighted by Crippen LogP contribution is -2.10. The third kappa shape index (κ3) is 6.04. The lowest BCUT2D eigenvalue weighted by atomic mass is 9.89. The normalized spacial score (nSPS) is 11.2. The predicted octanol–water partition coefficient (Wildman–Crippen LogP) is 15.4. The summed E-state index contributed by atoms with van der Waals surface area (Å²) < 4.78 is 6.69. The van der Waals surface area contributed by atoms with Crippen molar-refractivity contribution in [3.05, 3.63) is 224 Å². The van der Waals surface area contributed by atoms with Crippen molar-refractivity contribution in [1.82, 2.24) is 0 Å². The van der Waals surface area contributed by atoms with E-state index in [0.717, 1.165) is 56.0 Å². The Kier molecular flexibility index (Phi) is 8.55. The van der Waals surface area contributed by atoms with Gasteiger partial charge in [-0.05, 0) is 80.7 Å². The minimum atomic E-state index is 0.861. The molecule has 10 aromatic rings. The molecule has 0 unspecified atom stereocenters. The molecule has 0 atom stereocenters. The SMILES string of the molecule is c1ccc(-c2ccccc2-c2ccccc2-c2ccc(N(c3cccc(-c4oc5ccccc5c4-c4ccccc4)c3)c3cccc4ccccc34)cc2)cc1. The van der Waals surface area contributed by atoms with Crippen LogP contribution in [0.3, 0.4) is 0 Å². The highest BCUT2D eigenvalue weighted by atomic mass is 16.3. The van der Waals surface area contributed by atoms with Crippen LogP contribution < -0.4 is 4.90 Å². The molecular weight excluding hydrogens is 679 g/mol. The molecule has 0 radical (unpaired) electrons. The van der Waals surface area contributed by atoms with Crippen molar-refractivity contribution in [2.75, 3.05) is 4.90 Å². The molecule has 2 heteroatoms. The van der Waals surface area contributed by atoms with Gasteiger partial charge in [0, 0.05) is 33.3 Å². The average Bonchev–Trinajstić information content (AvgIpc) is 3.68. The molecule has 9 aromatic carbocycles. The quantitative estimate of drug-likeness (QED) is 0.156. The van der Waals surface area contributed by atoms with Gasteiger partial charge in [0.2, 0.25) is 0 Å². The van der Waals surface area contributed by atoms with Gasteiger partial charge >= 0.3 is 0 Å². The van der Waals surface area contributed by atoms with E-state index in [1.807, 2.05) is 6.07 Å². The van der Waals surface area contributed by atoms with Gasteiger partial charge in [-0.1, -0.05) is 188 Å². The molecule has 0 bridgehead atoms. The van der Waals surface area contributed by atoms with E-state index in [0.29, 0.717) is 0 Å². The van der Waals surface area contributed by atoms with Crippen molar-refractivity contribution in [1.29, 1.82) is 0 Å². The van der Waals surface area contributed by atoms with E-state index in [-0.39, 0.29) is 0 Å². The number of rotatable bonds is 8. The summed E-state index contributed by atoms with van der Waals surface area (Å²) in [5.74, 6) is 0.861. The van der Waals surface area contributed by atoms with Crippen LogP contribution in [-0.4, -0.2) is 0 Å². The second-order valence-corrected chi connectivity index (χ2v) is 14.1. The zero-order chi connectivity index (χ0) is 37.3. The number of anilines is 3. The van der Waals surface area contributed by atoms with Crippen LogP contribution in [-0.2, 0) is 0 Å². The molecule has 2 nitrogen and oxygen atoms in total.